The summed E-state index contributed by atoms with van der Waals surface area (Å²) in [5, 5.41) is 7.14. The highest BCUT2D eigenvalue weighted by Crippen LogP contribution is 2.21. The number of aryl methyl sites for hydroxylation is 1. The van der Waals surface area contributed by atoms with E-state index in [1.54, 1.807) is 43.5 Å². The molecule has 0 bridgehead atoms. The van der Waals surface area contributed by atoms with Gasteiger partial charge >= 0.3 is 0 Å². The Balaban J connectivity index is 1.51. The molecule has 0 radical (unpaired) electrons. The van der Waals surface area contributed by atoms with Crippen LogP contribution >= 0.6 is 11.8 Å². The van der Waals surface area contributed by atoms with Crippen LogP contribution in [0.15, 0.2) is 53.4 Å². The Bertz CT molecular complexity index is 1010. The maximum absolute atomic E-state index is 12.7. The molecule has 0 spiro atoms. The van der Waals surface area contributed by atoms with Gasteiger partial charge in [-0.3, -0.25) is 14.9 Å². The molecule has 2 atom stereocenters. The summed E-state index contributed by atoms with van der Waals surface area (Å²) in [7, 11) is -2.24. The first kappa shape index (κ1) is 22.1. The number of sulfone groups is 1. The molecule has 2 amide bonds. The number of thioether (sulfide) groups is 1. The summed E-state index contributed by atoms with van der Waals surface area (Å²) in [6, 6.07) is 13.3. The molecule has 1 heterocycles. The molecule has 0 aromatic heterocycles. The fourth-order valence-electron chi connectivity index (χ4n) is 2.85. The molecule has 30 heavy (non-hydrogen) atoms. The summed E-state index contributed by atoms with van der Waals surface area (Å²) in [6.45, 7) is 1.83. The average Bonchev–Trinajstić information content (AvgIpc) is 2.73. The molecule has 1 saturated heterocycles. The third-order valence-electron chi connectivity index (χ3n) is 4.53. The molecule has 3 N–H and O–H groups in total. The number of amides is 2. The highest BCUT2D eigenvalue weighted by Gasteiger charge is 2.38. The van der Waals surface area contributed by atoms with Crippen molar-refractivity contribution < 1.29 is 22.7 Å². The maximum atomic E-state index is 12.7. The number of hydrogen-bond acceptors (Lipinski definition) is 7. The van der Waals surface area contributed by atoms with E-state index in [-0.39, 0.29) is 23.1 Å². The number of benzene rings is 2. The van der Waals surface area contributed by atoms with Gasteiger partial charge in [0.15, 0.2) is 15.1 Å². The quantitative estimate of drug-likeness (QED) is 0.587. The largest absolute Gasteiger partial charge is 0.497 e. The minimum Gasteiger partial charge on any atom is -0.497 e. The van der Waals surface area contributed by atoms with Crippen LogP contribution in [0.25, 0.3) is 0 Å². The van der Waals surface area contributed by atoms with Crippen LogP contribution in [0.4, 0.5) is 5.69 Å². The van der Waals surface area contributed by atoms with Crippen molar-refractivity contribution in [1.82, 2.24) is 10.6 Å². The number of anilines is 1. The lowest BCUT2D eigenvalue weighted by atomic mass is 10.2. The minimum absolute atomic E-state index is 0.0280. The Morgan fingerprint density at radius 3 is 2.43 bits per heavy atom. The molecule has 2 aromatic rings. The van der Waals surface area contributed by atoms with Crippen LogP contribution in [0.2, 0.25) is 0 Å². The first-order valence-electron chi connectivity index (χ1n) is 9.19. The van der Waals surface area contributed by atoms with E-state index in [4.69, 9.17) is 4.74 Å². The van der Waals surface area contributed by atoms with E-state index in [9.17, 15) is 18.0 Å². The van der Waals surface area contributed by atoms with Crippen molar-refractivity contribution in [3.8, 4) is 5.75 Å². The van der Waals surface area contributed by atoms with Gasteiger partial charge < -0.3 is 15.4 Å². The smallest absolute Gasteiger partial charge is 0.241 e. The first-order valence-corrected chi connectivity index (χ1v) is 11.8. The molecule has 2 unspecified atom stereocenters. The second kappa shape index (κ2) is 9.50. The van der Waals surface area contributed by atoms with Crippen molar-refractivity contribution >= 4 is 39.1 Å². The number of rotatable bonds is 7. The van der Waals surface area contributed by atoms with Crippen LogP contribution in [-0.4, -0.2) is 50.4 Å². The van der Waals surface area contributed by atoms with E-state index in [1.165, 1.54) is 23.9 Å². The predicted molar refractivity (Wildman–Crippen MR) is 116 cm³/mol. The zero-order chi connectivity index (χ0) is 21.7. The van der Waals surface area contributed by atoms with E-state index < -0.39 is 26.5 Å². The molecular weight excluding hydrogens is 426 g/mol. The number of ether oxygens (including phenoxy) is 1. The zero-order valence-corrected chi connectivity index (χ0v) is 18.2. The topological polar surface area (TPSA) is 114 Å². The molecular formula is C20H23N3O5S2. The second-order valence-electron chi connectivity index (χ2n) is 6.73. The number of hydrogen-bond donors (Lipinski definition) is 3. The lowest BCUT2D eigenvalue weighted by molar-refractivity contribution is -0.122. The third-order valence-corrected chi connectivity index (χ3v) is 7.64. The molecule has 160 valence electrons. The van der Waals surface area contributed by atoms with E-state index in [0.717, 1.165) is 5.56 Å². The normalized spacial score (nSPS) is 19.1. The molecule has 0 aliphatic carbocycles. The first-order chi connectivity index (χ1) is 14.3. The Hall–Kier alpha value is -2.56. The SMILES string of the molecule is COc1ccc(NC(=O)CSC2NCC(S(=O)(=O)c3ccc(C)cc3)C(=O)N2)cc1. The van der Waals surface area contributed by atoms with Crippen molar-refractivity contribution in [1.29, 1.82) is 0 Å². The van der Waals surface area contributed by atoms with Gasteiger partial charge in [0.25, 0.3) is 0 Å². The van der Waals surface area contributed by atoms with Crippen LogP contribution in [0, 0.1) is 6.92 Å². The fraction of sp³-hybridized carbons (Fsp3) is 0.300. The fourth-order valence-corrected chi connectivity index (χ4v) is 5.17. The molecule has 2 aromatic carbocycles. The van der Waals surface area contributed by atoms with Gasteiger partial charge in [-0.25, -0.2) is 8.42 Å². The van der Waals surface area contributed by atoms with E-state index in [2.05, 4.69) is 16.0 Å². The van der Waals surface area contributed by atoms with Crippen molar-refractivity contribution in [2.24, 2.45) is 0 Å². The van der Waals surface area contributed by atoms with Gasteiger partial charge in [-0.05, 0) is 43.3 Å². The number of methoxy groups -OCH3 is 1. The Morgan fingerprint density at radius 1 is 1.17 bits per heavy atom. The van der Waals surface area contributed by atoms with Crippen LogP contribution in [0.3, 0.4) is 0 Å². The lowest BCUT2D eigenvalue weighted by Gasteiger charge is -2.29. The van der Waals surface area contributed by atoms with Gasteiger partial charge in [-0.15, -0.1) is 11.8 Å². The van der Waals surface area contributed by atoms with Crippen LogP contribution < -0.4 is 20.7 Å². The van der Waals surface area contributed by atoms with Crippen LogP contribution in [0.5, 0.6) is 5.75 Å². The van der Waals surface area contributed by atoms with Crippen molar-refractivity contribution in [3.63, 3.8) is 0 Å². The summed E-state index contributed by atoms with van der Waals surface area (Å²) in [5.41, 5.74) is 1.01. The summed E-state index contributed by atoms with van der Waals surface area (Å²) in [5.74, 6) is -0.0519. The second-order valence-corrected chi connectivity index (χ2v) is 9.96. The minimum atomic E-state index is -3.80. The molecule has 0 saturated carbocycles. The van der Waals surface area contributed by atoms with Crippen molar-refractivity contribution in [2.75, 3.05) is 24.7 Å². The monoisotopic (exact) mass is 449 g/mol. The summed E-state index contributed by atoms with van der Waals surface area (Å²) < 4.78 is 30.6. The van der Waals surface area contributed by atoms with Gasteiger partial charge in [0.1, 0.15) is 11.2 Å². The summed E-state index contributed by atoms with van der Waals surface area (Å²) in [4.78, 5) is 24.7. The number of carbonyl (C=O) groups excluding carboxylic acids is 2. The molecule has 8 nitrogen and oxygen atoms in total. The molecule has 1 fully saturated rings. The Labute approximate surface area is 179 Å². The van der Waals surface area contributed by atoms with Crippen molar-refractivity contribution in [2.45, 2.75) is 22.6 Å². The molecule has 1 aliphatic rings. The van der Waals surface area contributed by atoms with Crippen molar-refractivity contribution in [3.05, 3.63) is 54.1 Å². The molecule has 3 rings (SSSR count). The van der Waals surface area contributed by atoms with E-state index in [1.807, 2.05) is 6.92 Å². The number of carbonyl (C=O) groups is 2. The number of nitrogens with one attached hydrogen (secondary N) is 3. The maximum Gasteiger partial charge on any atom is 0.241 e. The van der Waals surface area contributed by atoms with E-state index >= 15 is 0 Å². The van der Waals surface area contributed by atoms with Gasteiger partial charge in [0, 0.05) is 12.2 Å². The predicted octanol–water partition coefficient (Wildman–Crippen LogP) is 1.52. The summed E-state index contributed by atoms with van der Waals surface area (Å²) in [6.07, 6.45) is 0. The van der Waals surface area contributed by atoms with Crippen LogP contribution in [-0.2, 0) is 19.4 Å². The molecule has 1 aliphatic heterocycles. The summed E-state index contributed by atoms with van der Waals surface area (Å²) >= 11 is 1.17. The van der Waals surface area contributed by atoms with Gasteiger partial charge in [0.2, 0.25) is 11.8 Å². The van der Waals surface area contributed by atoms with Gasteiger partial charge in [-0.1, -0.05) is 17.7 Å². The Kier molecular flexibility index (Phi) is 7.01. The van der Waals surface area contributed by atoms with Gasteiger partial charge in [0.05, 0.1) is 17.8 Å². The van der Waals surface area contributed by atoms with Crippen LogP contribution in [0.1, 0.15) is 5.56 Å². The molecule has 10 heteroatoms. The third kappa shape index (κ3) is 5.32. The highest BCUT2D eigenvalue weighted by molar-refractivity contribution is 8.00. The standard InChI is InChI=1S/C20H23N3O5S2/c1-13-3-9-16(10-4-13)30(26,27)17-11-21-20(23-19(17)25)29-12-18(24)22-14-5-7-15(28-2)8-6-14/h3-10,17,20-21H,11-12H2,1-2H3,(H,22,24)(H,23,25). The lowest BCUT2D eigenvalue weighted by Crippen LogP contribution is -2.59. The van der Waals surface area contributed by atoms with Gasteiger partial charge in [-0.2, -0.15) is 0 Å². The Morgan fingerprint density at radius 2 is 1.83 bits per heavy atom. The van der Waals surface area contributed by atoms with E-state index in [0.29, 0.717) is 11.4 Å². The average molecular weight is 450 g/mol. The highest BCUT2D eigenvalue weighted by atomic mass is 32.2. The zero-order valence-electron chi connectivity index (χ0n) is 16.5.